The van der Waals surface area contributed by atoms with Gasteiger partial charge in [0.2, 0.25) is 5.91 Å². The van der Waals surface area contributed by atoms with Gasteiger partial charge in [0.05, 0.1) is 23.8 Å². The highest BCUT2D eigenvalue weighted by Crippen LogP contribution is 2.29. The van der Waals surface area contributed by atoms with E-state index in [0.29, 0.717) is 32.8 Å². The number of carbonyl (C=O) groups is 2. The molecule has 0 atom stereocenters. The number of carbonyl (C=O) groups excluding carboxylic acids is 2. The van der Waals surface area contributed by atoms with Gasteiger partial charge < -0.3 is 19.9 Å². The number of nitrogens with one attached hydrogen (secondary N) is 1. The number of nitrogens with zero attached hydrogens (tertiary/aromatic N) is 3. The molecule has 1 N–H and O–H groups in total. The van der Waals surface area contributed by atoms with Gasteiger partial charge in [0, 0.05) is 37.8 Å². The van der Waals surface area contributed by atoms with Crippen LogP contribution in [0, 0.1) is 10.1 Å². The Balaban J connectivity index is 1.53. The summed E-state index contributed by atoms with van der Waals surface area (Å²) in [4.78, 5) is 39.0. The Morgan fingerprint density at radius 1 is 1.16 bits per heavy atom. The van der Waals surface area contributed by atoms with Crippen LogP contribution in [0.15, 0.2) is 42.5 Å². The number of nitro benzene ring substituents is 1. The predicted octanol–water partition coefficient (Wildman–Crippen LogP) is 2.73. The van der Waals surface area contributed by atoms with Crippen molar-refractivity contribution in [2.45, 2.75) is 6.92 Å². The van der Waals surface area contributed by atoms with Crippen LogP contribution in [0.5, 0.6) is 5.75 Å². The van der Waals surface area contributed by atoms with Crippen molar-refractivity contribution in [2.24, 2.45) is 0 Å². The number of halogens is 1. The second-order valence-electron chi connectivity index (χ2n) is 6.87. The highest BCUT2D eigenvalue weighted by molar-refractivity contribution is 6.32. The zero-order valence-corrected chi connectivity index (χ0v) is 17.8. The van der Waals surface area contributed by atoms with Crippen LogP contribution in [0.2, 0.25) is 5.02 Å². The van der Waals surface area contributed by atoms with E-state index in [-0.39, 0.29) is 28.7 Å². The lowest BCUT2D eigenvalue weighted by atomic mass is 10.2. The SMILES string of the molecule is CCOc1ccccc1N1CCN(C(=O)CNC(=O)c2ccc(Cl)c([N+](=O)[O-])c2)CC1. The highest BCUT2D eigenvalue weighted by Gasteiger charge is 2.23. The van der Waals surface area contributed by atoms with E-state index in [2.05, 4.69) is 10.2 Å². The summed E-state index contributed by atoms with van der Waals surface area (Å²) in [5, 5.41) is 13.4. The molecule has 2 amide bonds. The quantitative estimate of drug-likeness (QED) is 0.518. The van der Waals surface area contributed by atoms with E-state index >= 15 is 0 Å². The van der Waals surface area contributed by atoms with E-state index in [0.717, 1.165) is 17.5 Å². The minimum atomic E-state index is -0.659. The summed E-state index contributed by atoms with van der Waals surface area (Å²) in [6, 6.07) is 11.6. The van der Waals surface area contributed by atoms with Gasteiger partial charge in [-0.1, -0.05) is 23.7 Å². The number of piperazine rings is 1. The fourth-order valence-electron chi connectivity index (χ4n) is 3.36. The van der Waals surface area contributed by atoms with Gasteiger partial charge in [0.1, 0.15) is 10.8 Å². The van der Waals surface area contributed by atoms with E-state index in [4.69, 9.17) is 16.3 Å². The molecular weight excluding hydrogens is 424 g/mol. The average molecular weight is 447 g/mol. The molecule has 0 saturated carbocycles. The first-order chi connectivity index (χ1) is 14.9. The molecule has 0 spiro atoms. The first-order valence-corrected chi connectivity index (χ1v) is 10.2. The highest BCUT2D eigenvalue weighted by atomic mass is 35.5. The molecule has 2 aromatic rings. The lowest BCUT2D eigenvalue weighted by Gasteiger charge is -2.36. The second-order valence-corrected chi connectivity index (χ2v) is 7.28. The van der Waals surface area contributed by atoms with Crippen molar-refractivity contribution in [1.82, 2.24) is 10.2 Å². The Kier molecular flexibility index (Phi) is 7.30. The Labute approximate surface area is 184 Å². The largest absolute Gasteiger partial charge is 0.492 e. The average Bonchev–Trinajstić information content (AvgIpc) is 2.78. The van der Waals surface area contributed by atoms with E-state index in [9.17, 15) is 19.7 Å². The van der Waals surface area contributed by atoms with Crippen LogP contribution in [0.25, 0.3) is 0 Å². The van der Waals surface area contributed by atoms with Crippen molar-refractivity contribution in [3.8, 4) is 5.75 Å². The minimum Gasteiger partial charge on any atom is -0.492 e. The van der Waals surface area contributed by atoms with Crippen molar-refractivity contribution in [1.29, 1.82) is 0 Å². The summed E-state index contributed by atoms with van der Waals surface area (Å²) in [7, 11) is 0. The molecule has 0 aliphatic carbocycles. The van der Waals surface area contributed by atoms with E-state index in [1.165, 1.54) is 12.1 Å². The summed E-state index contributed by atoms with van der Waals surface area (Å²) in [5.74, 6) is 0.0287. The molecule has 0 aromatic heterocycles. The van der Waals surface area contributed by atoms with E-state index < -0.39 is 10.8 Å². The molecule has 1 aliphatic rings. The number of ether oxygens (including phenoxy) is 1. The first-order valence-electron chi connectivity index (χ1n) is 9.87. The monoisotopic (exact) mass is 446 g/mol. The number of anilines is 1. The maximum atomic E-state index is 12.5. The summed E-state index contributed by atoms with van der Waals surface area (Å²) >= 11 is 5.76. The third kappa shape index (κ3) is 5.43. The number of benzene rings is 2. The van der Waals surface area contributed by atoms with Crippen LogP contribution in [0.1, 0.15) is 17.3 Å². The molecule has 0 unspecified atom stereocenters. The van der Waals surface area contributed by atoms with Crippen molar-refractivity contribution in [2.75, 3.05) is 44.2 Å². The molecule has 1 fully saturated rings. The van der Waals surface area contributed by atoms with Crippen molar-refractivity contribution >= 4 is 34.8 Å². The maximum absolute atomic E-state index is 12.5. The van der Waals surface area contributed by atoms with Crippen molar-refractivity contribution in [3.63, 3.8) is 0 Å². The van der Waals surface area contributed by atoms with Gasteiger partial charge in [-0.15, -0.1) is 0 Å². The van der Waals surface area contributed by atoms with Crippen LogP contribution in [0.3, 0.4) is 0 Å². The number of nitro groups is 1. The lowest BCUT2D eigenvalue weighted by Crippen LogP contribution is -2.51. The third-order valence-corrected chi connectivity index (χ3v) is 5.26. The zero-order valence-electron chi connectivity index (χ0n) is 17.0. The van der Waals surface area contributed by atoms with E-state index in [1.54, 1.807) is 4.90 Å². The fraction of sp³-hybridized carbons (Fsp3) is 0.333. The van der Waals surface area contributed by atoms with Gasteiger partial charge in [-0.2, -0.15) is 0 Å². The van der Waals surface area contributed by atoms with Crippen LogP contribution < -0.4 is 15.0 Å². The fourth-order valence-corrected chi connectivity index (χ4v) is 3.54. The topological polar surface area (TPSA) is 105 Å². The molecule has 1 saturated heterocycles. The molecule has 31 heavy (non-hydrogen) atoms. The predicted molar refractivity (Wildman–Crippen MR) is 117 cm³/mol. The van der Waals surface area contributed by atoms with Gasteiger partial charge in [-0.05, 0) is 31.2 Å². The lowest BCUT2D eigenvalue weighted by molar-refractivity contribution is -0.384. The number of rotatable bonds is 7. The summed E-state index contributed by atoms with van der Waals surface area (Å²) in [6.07, 6.45) is 0. The van der Waals surface area contributed by atoms with E-state index in [1.807, 2.05) is 31.2 Å². The van der Waals surface area contributed by atoms with Crippen molar-refractivity contribution < 1.29 is 19.2 Å². The number of hydrogen-bond donors (Lipinski definition) is 1. The Bertz CT molecular complexity index is 976. The number of para-hydroxylation sites is 2. The van der Waals surface area contributed by atoms with Gasteiger partial charge >= 0.3 is 0 Å². The molecule has 0 bridgehead atoms. The normalized spacial score (nSPS) is 13.6. The first kappa shape index (κ1) is 22.4. The smallest absolute Gasteiger partial charge is 0.288 e. The maximum Gasteiger partial charge on any atom is 0.288 e. The molecular formula is C21H23ClN4O5. The molecule has 0 radical (unpaired) electrons. The third-order valence-electron chi connectivity index (χ3n) is 4.94. The molecule has 164 valence electrons. The van der Waals surface area contributed by atoms with Gasteiger partial charge in [-0.3, -0.25) is 19.7 Å². The summed E-state index contributed by atoms with van der Waals surface area (Å²) in [6.45, 7) is 4.64. The van der Waals surface area contributed by atoms with Crippen molar-refractivity contribution in [3.05, 3.63) is 63.2 Å². The molecule has 1 aliphatic heterocycles. The van der Waals surface area contributed by atoms with Crippen LogP contribution in [-0.4, -0.2) is 61.0 Å². The number of amides is 2. The zero-order chi connectivity index (χ0) is 22.4. The molecule has 3 rings (SSSR count). The Morgan fingerprint density at radius 2 is 1.87 bits per heavy atom. The van der Waals surface area contributed by atoms with Crippen LogP contribution in [0.4, 0.5) is 11.4 Å². The summed E-state index contributed by atoms with van der Waals surface area (Å²) < 4.78 is 5.68. The molecule has 2 aromatic carbocycles. The standard InChI is InChI=1S/C21H23ClN4O5/c1-2-31-19-6-4-3-5-17(19)24-9-11-25(12-10-24)20(27)14-23-21(28)15-7-8-16(22)18(13-15)26(29)30/h3-8,13H,2,9-12,14H2,1H3,(H,23,28). The van der Waals surface area contributed by atoms with Gasteiger partial charge in [0.25, 0.3) is 11.6 Å². The van der Waals surface area contributed by atoms with Gasteiger partial charge in [-0.25, -0.2) is 0 Å². The molecule has 10 heteroatoms. The second kappa shape index (κ2) is 10.1. The molecule has 1 heterocycles. The van der Waals surface area contributed by atoms with Gasteiger partial charge in [0.15, 0.2) is 0 Å². The number of hydrogen-bond acceptors (Lipinski definition) is 6. The Morgan fingerprint density at radius 3 is 2.55 bits per heavy atom. The Hall–Kier alpha value is -3.33. The summed E-state index contributed by atoms with van der Waals surface area (Å²) in [5.41, 5.74) is 0.708. The minimum absolute atomic E-state index is 0.0543. The van der Waals surface area contributed by atoms with Crippen LogP contribution >= 0.6 is 11.6 Å². The molecule has 9 nitrogen and oxygen atoms in total. The van der Waals surface area contributed by atoms with Crippen LogP contribution in [-0.2, 0) is 4.79 Å².